The molecule has 0 nitrogen and oxygen atoms in total. The van der Waals surface area contributed by atoms with E-state index in [9.17, 15) is 0 Å². The molecule has 0 saturated heterocycles. The van der Waals surface area contributed by atoms with E-state index in [1.165, 1.54) is 31.5 Å². The first-order valence-electron chi connectivity index (χ1n) is 7.92. The third kappa shape index (κ3) is 3.03. The molecule has 0 saturated carbocycles. The van der Waals surface area contributed by atoms with Gasteiger partial charge in [-0.3, -0.25) is 0 Å². The van der Waals surface area contributed by atoms with Crippen LogP contribution in [0.25, 0.3) is 0 Å². The second-order valence-electron chi connectivity index (χ2n) is 6.27. The molecular weight excluding hydrogens is 362 g/mol. The number of aryl methyl sites for hydroxylation is 2. The standard InChI is InChI=1S/C20H21BBrP/c1-15-13-19(22)20(14-16(15)2)23(21,17-9-5-3-6-10-17)18-11-7-4-8-12-18/h3-14,23H,21H2,1-2H3. The van der Waals surface area contributed by atoms with Crippen molar-refractivity contribution in [2.75, 3.05) is 0 Å². The second kappa shape index (κ2) is 6.63. The van der Waals surface area contributed by atoms with E-state index >= 15 is 0 Å². The molecule has 0 heterocycles. The van der Waals surface area contributed by atoms with Crippen molar-refractivity contribution in [2.45, 2.75) is 13.8 Å². The molecule has 0 aliphatic heterocycles. The first-order chi connectivity index (χ1) is 11.0. The van der Waals surface area contributed by atoms with E-state index in [0.29, 0.717) is 0 Å². The normalized spacial score (nSPS) is 12.1. The van der Waals surface area contributed by atoms with Gasteiger partial charge in [0.1, 0.15) is 0 Å². The van der Waals surface area contributed by atoms with Gasteiger partial charge in [-0.05, 0) is 0 Å². The number of hydrogen-bond donors (Lipinski definition) is 0. The van der Waals surface area contributed by atoms with Crippen LogP contribution in [-0.4, -0.2) is 7.57 Å². The Kier molecular flexibility index (Phi) is 4.76. The molecule has 0 radical (unpaired) electrons. The quantitative estimate of drug-likeness (QED) is 0.479. The van der Waals surface area contributed by atoms with Crippen molar-refractivity contribution in [1.29, 1.82) is 0 Å². The third-order valence-corrected chi connectivity index (χ3v) is 10.3. The summed E-state index contributed by atoms with van der Waals surface area (Å²) in [6, 6.07) is 26.6. The molecule has 0 spiro atoms. The molecule has 3 aromatic carbocycles. The molecular formula is C20H21BBrP. The van der Waals surface area contributed by atoms with Gasteiger partial charge in [-0.15, -0.1) is 0 Å². The Morgan fingerprint density at radius 1 is 0.739 bits per heavy atom. The third-order valence-electron chi connectivity index (χ3n) is 4.82. The number of hydrogen-bond acceptors (Lipinski definition) is 0. The SMILES string of the molecule is B[PH](c1ccccc1)(c1ccccc1)c1cc(C)c(C)cc1Br. The van der Waals surface area contributed by atoms with Crippen molar-refractivity contribution in [2.24, 2.45) is 0 Å². The van der Waals surface area contributed by atoms with Gasteiger partial charge in [0.2, 0.25) is 0 Å². The first kappa shape index (κ1) is 16.5. The second-order valence-corrected chi connectivity index (χ2v) is 11.1. The minimum atomic E-state index is -2.02. The van der Waals surface area contributed by atoms with Crippen molar-refractivity contribution < 1.29 is 0 Å². The summed E-state index contributed by atoms with van der Waals surface area (Å²) in [5.74, 6) is 0. The zero-order valence-corrected chi connectivity index (χ0v) is 16.4. The molecule has 0 aliphatic rings. The maximum absolute atomic E-state index is 3.85. The molecule has 0 aliphatic carbocycles. The van der Waals surface area contributed by atoms with Crippen LogP contribution in [-0.2, 0) is 0 Å². The van der Waals surface area contributed by atoms with Gasteiger partial charge in [-0.1, -0.05) is 0 Å². The van der Waals surface area contributed by atoms with Gasteiger partial charge >= 0.3 is 149 Å². The molecule has 0 aromatic heterocycles. The van der Waals surface area contributed by atoms with E-state index in [1.807, 2.05) is 0 Å². The Morgan fingerprint density at radius 2 is 1.17 bits per heavy atom. The summed E-state index contributed by atoms with van der Waals surface area (Å²) >= 11 is 3.85. The van der Waals surface area contributed by atoms with Crippen molar-refractivity contribution in [3.05, 3.63) is 88.4 Å². The van der Waals surface area contributed by atoms with Crippen LogP contribution in [0.1, 0.15) is 11.1 Å². The van der Waals surface area contributed by atoms with Crippen LogP contribution < -0.4 is 15.9 Å². The zero-order valence-electron chi connectivity index (χ0n) is 13.8. The fourth-order valence-electron chi connectivity index (χ4n) is 3.18. The molecule has 116 valence electrons. The summed E-state index contributed by atoms with van der Waals surface area (Å²) in [5.41, 5.74) is 2.69. The zero-order chi connectivity index (χ0) is 16.4. The molecule has 0 bridgehead atoms. The van der Waals surface area contributed by atoms with Gasteiger partial charge in [0.25, 0.3) is 0 Å². The Labute approximate surface area is 148 Å². The van der Waals surface area contributed by atoms with E-state index in [-0.39, 0.29) is 0 Å². The van der Waals surface area contributed by atoms with Crippen molar-refractivity contribution in [3.63, 3.8) is 0 Å². The molecule has 0 atom stereocenters. The molecule has 0 amide bonds. The van der Waals surface area contributed by atoms with Crippen LogP contribution in [0.3, 0.4) is 0 Å². The van der Waals surface area contributed by atoms with Crippen LogP contribution in [0.15, 0.2) is 77.3 Å². The first-order valence-corrected chi connectivity index (χ1v) is 11.2. The number of rotatable bonds is 3. The number of halogens is 1. The van der Waals surface area contributed by atoms with Gasteiger partial charge in [-0.25, -0.2) is 0 Å². The molecule has 0 unspecified atom stereocenters. The summed E-state index contributed by atoms with van der Waals surface area (Å²) in [4.78, 5) is 0. The fourth-order valence-corrected chi connectivity index (χ4v) is 8.56. The Hall–Kier alpha value is -1.37. The summed E-state index contributed by atoms with van der Waals surface area (Å²) < 4.78 is 1.22. The van der Waals surface area contributed by atoms with Gasteiger partial charge in [0.15, 0.2) is 0 Å². The van der Waals surface area contributed by atoms with Crippen LogP contribution in [0.4, 0.5) is 0 Å². The average Bonchev–Trinajstić information content (AvgIpc) is 2.59. The molecule has 0 N–H and O–H groups in total. The van der Waals surface area contributed by atoms with Crippen molar-refractivity contribution in [3.8, 4) is 0 Å². The van der Waals surface area contributed by atoms with Crippen LogP contribution in [0.2, 0.25) is 0 Å². The van der Waals surface area contributed by atoms with E-state index in [1.54, 1.807) is 0 Å². The molecule has 23 heavy (non-hydrogen) atoms. The molecule has 3 rings (SSSR count). The van der Waals surface area contributed by atoms with Crippen molar-refractivity contribution in [1.82, 2.24) is 0 Å². The topological polar surface area (TPSA) is 0 Å². The number of benzene rings is 3. The van der Waals surface area contributed by atoms with Crippen LogP contribution >= 0.6 is 23.1 Å². The Morgan fingerprint density at radius 3 is 1.65 bits per heavy atom. The monoisotopic (exact) mass is 382 g/mol. The van der Waals surface area contributed by atoms with Crippen molar-refractivity contribution >= 4 is 46.6 Å². The van der Waals surface area contributed by atoms with Gasteiger partial charge < -0.3 is 0 Å². The van der Waals surface area contributed by atoms with Gasteiger partial charge in [-0.2, -0.15) is 0 Å². The molecule has 0 fully saturated rings. The van der Waals surface area contributed by atoms with Crippen LogP contribution in [0, 0.1) is 13.8 Å². The molecule has 3 aromatic rings. The predicted octanol–water partition coefficient (Wildman–Crippen LogP) is 3.64. The predicted molar refractivity (Wildman–Crippen MR) is 112 cm³/mol. The van der Waals surface area contributed by atoms with Crippen LogP contribution in [0.5, 0.6) is 0 Å². The summed E-state index contributed by atoms with van der Waals surface area (Å²) in [7, 11) is 0.427. The van der Waals surface area contributed by atoms with Gasteiger partial charge in [0, 0.05) is 0 Å². The van der Waals surface area contributed by atoms with Gasteiger partial charge in [0.05, 0.1) is 0 Å². The average molecular weight is 383 g/mol. The summed E-state index contributed by atoms with van der Waals surface area (Å²) in [6.45, 7) is 4.38. The molecule has 3 heteroatoms. The Bertz CT molecular complexity index is 776. The summed E-state index contributed by atoms with van der Waals surface area (Å²) in [5, 5.41) is 4.32. The fraction of sp³-hybridized carbons (Fsp3) is 0.100. The van der Waals surface area contributed by atoms with E-state index < -0.39 is 7.14 Å². The van der Waals surface area contributed by atoms with E-state index in [4.69, 9.17) is 0 Å². The minimum absolute atomic E-state index is 1.22. The van der Waals surface area contributed by atoms with E-state index in [2.05, 4.69) is 110 Å². The Balaban J connectivity index is 2.32. The maximum atomic E-state index is 3.85. The van der Waals surface area contributed by atoms with E-state index in [0.717, 1.165) is 0 Å². The summed E-state index contributed by atoms with van der Waals surface area (Å²) in [6.07, 6.45) is 0.